The lowest BCUT2D eigenvalue weighted by atomic mass is 10.0. The van der Waals surface area contributed by atoms with Crippen LogP contribution >= 0.6 is 0 Å². The Morgan fingerprint density at radius 1 is 1.15 bits per heavy atom. The van der Waals surface area contributed by atoms with E-state index in [4.69, 9.17) is 5.11 Å². The number of hydrogen-bond donors (Lipinski definition) is 1. The highest BCUT2D eigenvalue weighted by molar-refractivity contribution is 5.79. The van der Waals surface area contributed by atoms with E-state index in [0.29, 0.717) is 12.5 Å². The maximum atomic E-state index is 10.8. The predicted octanol–water partition coefficient (Wildman–Crippen LogP) is 4.26. The van der Waals surface area contributed by atoms with Gasteiger partial charge in [0.2, 0.25) is 0 Å². The number of carboxylic acid groups (broad SMARTS) is 1. The van der Waals surface area contributed by atoms with E-state index in [1.54, 1.807) is 11.9 Å². The lowest BCUT2D eigenvalue weighted by Crippen LogP contribution is -2.25. The van der Waals surface area contributed by atoms with Gasteiger partial charge in [-0.3, -0.25) is 9.69 Å². The first-order chi connectivity index (χ1) is 12.5. The van der Waals surface area contributed by atoms with Gasteiger partial charge in [0.15, 0.2) is 0 Å². The van der Waals surface area contributed by atoms with Gasteiger partial charge in [-0.1, -0.05) is 74.2 Å². The second kappa shape index (κ2) is 9.60. The highest BCUT2D eigenvalue weighted by Gasteiger charge is 2.04. The first-order valence-electron chi connectivity index (χ1n) is 8.73. The number of allylic oxidation sites excluding steroid dienone is 1. The Kier molecular flexibility index (Phi) is 7.20. The van der Waals surface area contributed by atoms with Crippen molar-refractivity contribution < 1.29 is 9.90 Å². The van der Waals surface area contributed by atoms with Crippen LogP contribution in [0.5, 0.6) is 0 Å². The van der Waals surface area contributed by atoms with Crippen molar-refractivity contribution >= 4 is 11.5 Å². The number of carbonyl (C=O) groups is 1. The summed E-state index contributed by atoms with van der Waals surface area (Å²) in [7, 11) is 1.78. The molecule has 2 aromatic rings. The molecule has 0 fully saturated rings. The first-order valence-corrected chi connectivity index (χ1v) is 8.73. The molecule has 0 aliphatic heterocycles. The minimum Gasteiger partial charge on any atom is -0.480 e. The molecule has 1 N–H and O–H groups in total. The fraction of sp³-hybridized carbons (Fsp3) is 0.261. The lowest BCUT2D eigenvalue weighted by molar-refractivity contribution is -0.137. The SMILES string of the molecule is CC(C)c1cccc(C#C/C(=C/CN(C)CC(=O)O)c2ccccc2)c1. The molecular formula is C23H25NO2. The second-order valence-electron chi connectivity index (χ2n) is 6.60. The highest BCUT2D eigenvalue weighted by atomic mass is 16.4. The van der Waals surface area contributed by atoms with Crippen molar-refractivity contribution in [1.29, 1.82) is 0 Å². The number of hydrogen-bond acceptors (Lipinski definition) is 2. The average molecular weight is 347 g/mol. The minimum atomic E-state index is -0.834. The summed E-state index contributed by atoms with van der Waals surface area (Å²) in [5, 5.41) is 8.90. The summed E-state index contributed by atoms with van der Waals surface area (Å²) in [6, 6.07) is 18.2. The van der Waals surface area contributed by atoms with E-state index in [1.807, 2.05) is 48.5 Å². The van der Waals surface area contributed by atoms with Gasteiger partial charge in [0.1, 0.15) is 0 Å². The van der Waals surface area contributed by atoms with Gasteiger partial charge in [-0.25, -0.2) is 0 Å². The highest BCUT2D eigenvalue weighted by Crippen LogP contribution is 2.16. The van der Waals surface area contributed by atoms with Crippen molar-refractivity contribution in [2.45, 2.75) is 19.8 Å². The third-order valence-electron chi connectivity index (χ3n) is 3.99. The molecule has 0 aliphatic carbocycles. The monoisotopic (exact) mass is 347 g/mol. The Hall–Kier alpha value is -2.83. The third kappa shape index (κ3) is 6.23. The van der Waals surface area contributed by atoms with E-state index in [9.17, 15) is 4.79 Å². The van der Waals surface area contributed by atoms with Gasteiger partial charge >= 0.3 is 5.97 Å². The van der Waals surface area contributed by atoms with Gasteiger partial charge in [-0.05, 0) is 36.2 Å². The maximum Gasteiger partial charge on any atom is 0.317 e. The van der Waals surface area contributed by atoms with Gasteiger partial charge in [0, 0.05) is 17.7 Å². The van der Waals surface area contributed by atoms with E-state index >= 15 is 0 Å². The Bertz CT molecular complexity index is 826. The van der Waals surface area contributed by atoms with Crippen LogP contribution in [-0.4, -0.2) is 36.1 Å². The van der Waals surface area contributed by atoms with Crippen LogP contribution < -0.4 is 0 Å². The molecule has 2 aromatic carbocycles. The summed E-state index contributed by atoms with van der Waals surface area (Å²) < 4.78 is 0. The van der Waals surface area contributed by atoms with Crippen molar-refractivity contribution in [2.75, 3.05) is 20.1 Å². The molecular weight excluding hydrogens is 322 g/mol. The molecule has 134 valence electrons. The van der Waals surface area contributed by atoms with Crippen LogP contribution in [0.15, 0.2) is 60.7 Å². The van der Waals surface area contributed by atoms with Crippen molar-refractivity contribution in [3.8, 4) is 11.8 Å². The summed E-state index contributed by atoms with van der Waals surface area (Å²) in [4.78, 5) is 12.6. The van der Waals surface area contributed by atoms with Crippen LogP contribution in [0.1, 0.15) is 36.5 Å². The molecule has 3 heteroatoms. The third-order valence-corrected chi connectivity index (χ3v) is 3.99. The van der Waals surface area contributed by atoms with E-state index in [-0.39, 0.29) is 6.54 Å². The Balaban J connectivity index is 2.28. The largest absolute Gasteiger partial charge is 0.480 e. The minimum absolute atomic E-state index is 0.00241. The predicted molar refractivity (Wildman–Crippen MR) is 107 cm³/mol. The molecule has 3 nitrogen and oxygen atoms in total. The number of benzene rings is 2. The first kappa shape index (κ1) is 19.5. The molecule has 0 atom stereocenters. The van der Waals surface area contributed by atoms with Crippen LogP contribution in [0.4, 0.5) is 0 Å². The summed E-state index contributed by atoms with van der Waals surface area (Å²) in [6.07, 6.45) is 1.98. The number of rotatable bonds is 6. The number of carboxylic acids is 1. The standard InChI is InChI=1S/C23H25NO2/c1-18(2)22-11-7-8-19(16-22)12-13-21(20-9-5-4-6-10-20)14-15-24(3)17-23(25)26/h4-11,14,16,18H,15,17H2,1-3H3,(H,25,26)/b21-14-. The van der Waals surface area contributed by atoms with Gasteiger partial charge in [-0.2, -0.15) is 0 Å². The smallest absolute Gasteiger partial charge is 0.317 e. The van der Waals surface area contributed by atoms with Crippen molar-refractivity contribution in [2.24, 2.45) is 0 Å². The zero-order valence-corrected chi connectivity index (χ0v) is 15.6. The van der Waals surface area contributed by atoms with E-state index in [2.05, 4.69) is 37.8 Å². The zero-order valence-electron chi connectivity index (χ0n) is 15.6. The molecule has 0 saturated heterocycles. The Morgan fingerprint density at radius 3 is 2.54 bits per heavy atom. The molecule has 0 aliphatic rings. The van der Waals surface area contributed by atoms with Crippen molar-refractivity contribution in [3.05, 3.63) is 77.4 Å². The van der Waals surface area contributed by atoms with E-state index in [1.165, 1.54) is 5.56 Å². The molecule has 0 spiro atoms. The second-order valence-corrected chi connectivity index (χ2v) is 6.60. The van der Waals surface area contributed by atoms with Crippen LogP contribution in [0.2, 0.25) is 0 Å². The van der Waals surface area contributed by atoms with E-state index < -0.39 is 5.97 Å². The topological polar surface area (TPSA) is 40.5 Å². The fourth-order valence-corrected chi connectivity index (χ4v) is 2.52. The van der Waals surface area contributed by atoms with Gasteiger partial charge < -0.3 is 5.11 Å². The van der Waals surface area contributed by atoms with Crippen LogP contribution in [-0.2, 0) is 4.79 Å². The Morgan fingerprint density at radius 2 is 1.88 bits per heavy atom. The van der Waals surface area contributed by atoms with Crippen LogP contribution in [0.3, 0.4) is 0 Å². The number of nitrogens with zero attached hydrogens (tertiary/aromatic N) is 1. The zero-order chi connectivity index (χ0) is 18.9. The van der Waals surface area contributed by atoms with Crippen molar-refractivity contribution in [1.82, 2.24) is 4.90 Å². The van der Waals surface area contributed by atoms with E-state index in [0.717, 1.165) is 16.7 Å². The van der Waals surface area contributed by atoms with Crippen LogP contribution in [0.25, 0.3) is 5.57 Å². The van der Waals surface area contributed by atoms with Crippen molar-refractivity contribution in [3.63, 3.8) is 0 Å². The molecule has 0 heterocycles. The summed E-state index contributed by atoms with van der Waals surface area (Å²) >= 11 is 0. The quantitative estimate of drug-likeness (QED) is 0.794. The lowest BCUT2D eigenvalue weighted by Gasteiger charge is -2.11. The van der Waals surface area contributed by atoms with Gasteiger partial charge in [-0.15, -0.1) is 0 Å². The van der Waals surface area contributed by atoms with Gasteiger partial charge in [0.05, 0.1) is 6.54 Å². The molecule has 0 amide bonds. The van der Waals surface area contributed by atoms with Gasteiger partial charge in [0.25, 0.3) is 0 Å². The molecule has 26 heavy (non-hydrogen) atoms. The summed E-state index contributed by atoms with van der Waals surface area (Å²) in [5.41, 5.74) is 4.18. The molecule has 0 aromatic heterocycles. The molecule has 0 radical (unpaired) electrons. The summed E-state index contributed by atoms with van der Waals surface area (Å²) in [6.45, 7) is 4.86. The molecule has 2 rings (SSSR count). The fourth-order valence-electron chi connectivity index (χ4n) is 2.52. The maximum absolute atomic E-state index is 10.8. The molecule has 0 bridgehead atoms. The molecule has 0 unspecified atom stereocenters. The molecule has 0 saturated carbocycles. The average Bonchev–Trinajstić information content (AvgIpc) is 2.62. The summed E-state index contributed by atoms with van der Waals surface area (Å²) in [5.74, 6) is 6.14. The normalized spacial score (nSPS) is 11.3. The number of likely N-dealkylation sites (N-methyl/N-ethyl adjacent to an activating group) is 1. The Labute approximate surface area is 156 Å². The van der Waals surface area contributed by atoms with Crippen LogP contribution in [0, 0.1) is 11.8 Å². The number of aliphatic carboxylic acids is 1.